The van der Waals surface area contributed by atoms with E-state index in [1.165, 1.54) is 20.3 Å². The van der Waals surface area contributed by atoms with Crippen molar-refractivity contribution in [3.8, 4) is 22.5 Å². The van der Waals surface area contributed by atoms with Crippen LogP contribution >= 0.6 is 31.9 Å². The molecule has 4 aliphatic rings. The summed E-state index contributed by atoms with van der Waals surface area (Å²) in [7, 11) is 0. The fourth-order valence-electron chi connectivity index (χ4n) is 11.5. The van der Waals surface area contributed by atoms with Gasteiger partial charge < -0.3 is 35.1 Å². The molecule has 21 nitrogen and oxygen atoms in total. The lowest BCUT2D eigenvalue weighted by molar-refractivity contribution is -0.138. The molecular weight excluding hydrogens is 1200 g/mol. The van der Waals surface area contributed by atoms with Crippen LogP contribution in [-0.2, 0) is 32.3 Å². The zero-order valence-electron chi connectivity index (χ0n) is 48.3. The van der Waals surface area contributed by atoms with Crippen LogP contribution in [0.5, 0.6) is 0 Å². The minimum absolute atomic E-state index is 0.00350. The average Bonchev–Trinajstić information content (AvgIpc) is 3.87. The number of halogens is 2. The fraction of sp³-hybridized carbons (Fsp3) is 0.377. The van der Waals surface area contributed by atoms with E-state index in [4.69, 9.17) is 10.1 Å². The van der Waals surface area contributed by atoms with E-state index in [1.807, 2.05) is 71.0 Å². The van der Waals surface area contributed by atoms with Gasteiger partial charge in [0.15, 0.2) is 17.3 Å². The largest absolute Gasteiger partial charge is 0.389 e. The van der Waals surface area contributed by atoms with Crippen LogP contribution in [0.15, 0.2) is 82.8 Å². The summed E-state index contributed by atoms with van der Waals surface area (Å²) >= 11 is 6.68. The van der Waals surface area contributed by atoms with E-state index >= 15 is 0 Å². The number of ketones is 3. The number of carbonyl (C=O) groups excluding carboxylic acids is 6. The molecule has 6 atom stereocenters. The fourth-order valence-corrected chi connectivity index (χ4v) is 12.1. The normalized spacial score (nSPS) is 20.7. The number of aliphatic hydroxyl groups is 1. The molecule has 2 saturated heterocycles. The van der Waals surface area contributed by atoms with Crippen molar-refractivity contribution >= 4 is 100 Å². The molecule has 4 N–H and O–H groups in total. The molecule has 23 heteroatoms. The summed E-state index contributed by atoms with van der Waals surface area (Å²) in [6.45, 7) is 17.9. The van der Waals surface area contributed by atoms with Gasteiger partial charge in [-0.15, -0.1) is 0 Å². The lowest BCUT2D eigenvalue weighted by atomic mass is 10.0. The van der Waals surface area contributed by atoms with E-state index in [-0.39, 0.29) is 65.7 Å². The molecule has 0 unspecified atom stereocenters. The third-order valence-electron chi connectivity index (χ3n) is 16.4. The zero-order valence-corrected chi connectivity index (χ0v) is 51.4. The summed E-state index contributed by atoms with van der Waals surface area (Å²) < 4.78 is 4.81. The van der Waals surface area contributed by atoms with Crippen LogP contribution in [0.25, 0.3) is 44.3 Å². The molecule has 0 radical (unpaired) electrons. The van der Waals surface area contributed by atoms with Crippen molar-refractivity contribution in [1.29, 1.82) is 0 Å². The lowest BCUT2D eigenvalue weighted by Crippen LogP contribution is -2.46. The number of carbonyl (C=O) groups is 6. The van der Waals surface area contributed by atoms with Gasteiger partial charge in [-0.25, -0.2) is 29.9 Å². The van der Waals surface area contributed by atoms with Gasteiger partial charge in [0.25, 0.3) is 0 Å². The maximum Gasteiger partial charge on any atom is 0.248 e. The van der Waals surface area contributed by atoms with Crippen molar-refractivity contribution in [1.82, 2.24) is 59.2 Å². The Kier molecular flexibility index (Phi) is 16.5. The van der Waals surface area contributed by atoms with Crippen LogP contribution < -0.4 is 16.0 Å². The summed E-state index contributed by atoms with van der Waals surface area (Å²) in [5.41, 5.74) is 8.72. The number of Topliss-reactive ketones (excluding diaryl/α,β-unsaturated/α-hetero) is 3. The number of aromatic nitrogens is 10. The Labute approximate surface area is 501 Å². The number of hydrogen-bond donors (Lipinski definition) is 4. The number of pyridine rings is 4. The summed E-state index contributed by atoms with van der Waals surface area (Å²) in [6, 6.07) is 11.0. The highest BCUT2D eigenvalue weighted by Gasteiger charge is 2.64. The van der Waals surface area contributed by atoms with Gasteiger partial charge in [-0.1, -0.05) is 26.0 Å². The van der Waals surface area contributed by atoms with Gasteiger partial charge in [0.05, 0.1) is 46.4 Å². The highest BCUT2D eigenvalue weighted by Crippen LogP contribution is 2.59. The highest BCUT2D eigenvalue weighted by atomic mass is 79.9. The lowest BCUT2D eigenvalue weighted by Gasteiger charge is -2.27. The minimum Gasteiger partial charge on any atom is -0.389 e. The van der Waals surface area contributed by atoms with Crippen LogP contribution in [0.3, 0.4) is 0 Å². The summed E-state index contributed by atoms with van der Waals surface area (Å²) in [6.07, 6.45) is 13.7. The number of hydrogen-bond acceptors (Lipinski definition) is 16. The molecule has 2 aliphatic carbocycles. The number of likely N-dealkylation sites (tertiary alicyclic amines) is 1. The molecule has 10 heterocycles. The van der Waals surface area contributed by atoms with E-state index in [0.717, 1.165) is 50.5 Å². The maximum atomic E-state index is 13.9. The molecule has 12 rings (SSSR count). The Morgan fingerprint density at radius 2 is 1.11 bits per heavy atom. The topological polar surface area (TPSA) is 275 Å². The second-order valence-electron chi connectivity index (χ2n) is 23.0. The first kappa shape index (κ1) is 59.3. The summed E-state index contributed by atoms with van der Waals surface area (Å²) in [4.78, 5) is 113. The molecule has 2 saturated carbocycles. The maximum absolute atomic E-state index is 13.9. The molecule has 3 amide bonds. The highest BCUT2D eigenvalue weighted by molar-refractivity contribution is 9.10. The quantitative estimate of drug-likeness (QED) is 0.0619. The molecule has 8 aromatic heterocycles. The molecule has 434 valence electrons. The first-order valence-electron chi connectivity index (χ1n) is 27.5. The first-order chi connectivity index (χ1) is 39.8. The van der Waals surface area contributed by atoms with E-state index in [0.29, 0.717) is 90.7 Å². The Bertz CT molecular complexity index is 4000. The van der Waals surface area contributed by atoms with Gasteiger partial charge in [0, 0.05) is 82.3 Å². The molecule has 0 bridgehead atoms. The number of fused-ring (bicyclic) bond motifs is 4. The standard InChI is InChI=1S/C30H30BrN7O3.C18H18N4O3.C13H16BrN3O/c1-15-6-7-25(31)35-28(15)36-29(41)23-9-30(5)10-24(30)38(23)26(40)14-37-13-21(17(3)39)20-8-22(34-16(2)27(20)37)19-11-32-18(4)33-12-19;1-10-18-15(4-17(21-10)13-5-19-12(3)20-6-13)16(11(2)24)8-22(18)7-14(25)9-23;1-7-3-4-10(14)16-11(7)17-12(18)8-5-13(2)6-9(13)15-8/h6-8,11-13,23-24H,9-10,14H2,1-5H3,(H,35,36,41);4-6,8,23H,7,9H2,1-3H3;3-4,8-9,15H,5-6H2,1-2H3,(H,16,17,18)/t23-,24+,30-;;8-,9+,13-/m0.0/s1. The minimum atomic E-state index is -0.604. The van der Waals surface area contributed by atoms with E-state index in [1.54, 1.807) is 58.1 Å². The van der Waals surface area contributed by atoms with Gasteiger partial charge in [-0.3, -0.25) is 38.7 Å². The monoisotopic (exact) mass is 1260 g/mol. The SMILES string of the molecule is CC(=O)c1cn(CC(=O)CO)c2c(C)nc(-c3cnc(C)nc3)cc12.CC(=O)c1cn(CC(=O)N2[C@H](C(=O)Nc3nc(Br)ccc3C)C[C@@]3(C)C[C@@H]23)c2c(C)nc(-c3cnc(C)nc3)cc12.Cc1ccc(Br)nc1NC(=O)[C@@H]1C[C@@]2(C)C[C@H]2N1. The van der Waals surface area contributed by atoms with Crippen LogP contribution in [-0.4, -0.2) is 125 Å². The van der Waals surface area contributed by atoms with Crippen molar-refractivity contribution in [3.05, 3.63) is 128 Å². The smallest absolute Gasteiger partial charge is 0.248 e. The van der Waals surface area contributed by atoms with E-state index < -0.39 is 12.6 Å². The van der Waals surface area contributed by atoms with Gasteiger partial charge in [-0.05, 0) is 159 Å². The van der Waals surface area contributed by atoms with Crippen LogP contribution in [0, 0.1) is 52.4 Å². The number of anilines is 2. The Balaban J connectivity index is 0.000000155. The van der Waals surface area contributed by atoms with Crippen molar-refractivity contribution in [2.24, 2.45) is 10.8 Å². The predicted molar refractivity (Wildman–Crippen MR) is 323 cm³/mol. The van der Waals surface area contributed by atoms with Crippen molar-refractivity contribution in [2.45, 2.75) is 132 Å². The molecular formula is C61H64Br2N14O7. The Hall–Kier alpha value is -7.86. The van der Waals surface area contributed by atoms with Gasteiger partial charge in [0.1, 0.15) is 51.7 Å². The molecule has 84 heavy (non-hydrogen) atoms. The predicted octanol–water partition coefficient (Wildman–Crippen LogP) is 8.90. The number of nitrogens with zero attached hydrogens (tertiary/aromatic N) is 11. The Morgan fingerprint density at radius 1 is 0.631 bits per heavy atom. The summed E-state index contributed by atoms with van der Waals surface area (Å²) in [5, 5.41) is 19.7. The van der Waals surface area contributed by atoms with Crippen LogP contribution in [0.2, 0.25) is 0 Å². The Morgan fingerprint density at radius 3 is 1.56 bits per heavy atom. The second kappa shape index (κ2) is 23.3. The van der Waals surface area contributed by atoms with Gasteiger partial charge in [-0.2, -0.15) is 0 Å². The second-order valence-corrected chi connectivity index (χ2v) is 24.6. The van der Waals surface area contributed by atoms with Crippen molar-refractivity contribution < 1.29 is 33.9 Å². The number of amides is 3. The van der Waals surface area contributed by atoms with Crippen molar-refractivity contribution in [2.75, 3.05) is 17.2 Å². The summed E-state index contributed by atoms with van der Waals surface area (Å²) in [5.74, 6) is 1.51. The molecule has 0 aromatic carbocycles. The van der Waals surface area contributed by atoms with Crippen LogP contribution in [0.1, 0.15) is 108 Å². The molecule has 2 aliphatic heterocycles. The number of rotatable bonds is 13. The van der Waals surface area contributed by atoms with Crippen LogP contribution in [0.4, 0.5) is 11.6 Å². The van der Waals surface area contributed by atoms with Gasteiger partial charge in [0.2, 0.25) is 17.7 Å². The third-order valence-corrected chi connectivity index (χ3v) is 17.3. The van der Waals surface area contributed by atoms with Crippen molar-refractivity contribution in [3.63, 3.8) is 0 Å². The molecule has 0 spiro atoms. The van der Waals surface area contributed by atoms with E-state index in [2.05, 4.69) is 96.5 Å². The van der Waals surface area contributed by atoms with Gasteiger partial charge >= 0.3 is 0 Å². The third kappa shape index (κ3) is 12.2. The molecule has 8 aromatic rings. The van der Waals surface area contributed by atoms with E-state index in [9.17, 15) is 28.8 Å². The number of aliphatic hydroxyl groups excluding tert-OH is 1. The number of nitrogens with one attached hydrogen (secondary N) is 3. The first-order valence-corrected chi connectivity index (χ1v) is 29.1. The zero-order chi connectivity index (χ0) is 60.3. The number of piperidine rings is 2. The molecule has 4 fully saturated rings. The number of aryl methyl sites for hydroxylation is 6. The average molecular weight is 1270 g/mol.